The highest BCUT2D eigenvalue weighted by atomic mass is 32.1. The Morgan fingerprint density at radius 2 is 1.89 bits per heavy atom. The number of benzene rings is 1. The lowest BCUT2D eigenvalue weighted by Crippen LogP contribution is -2.01. The Morgan fingerprint density at radius 3 is 2.56 bits per heavy atom. The van der Waals surface area contributed by atoms with E-state index in [0.29, 0.717) is 16.9 Å². The van der Waals surface area contributed by atoms with Gasteiger partial charge in [0.05, 0.1) is 11.6 Å². The number of nitrogens with zero attached hydrogens (tertiary/aromatic N) is 2. The van der Waals surface area contributed by atoms with Crippen LogP contribution in [0.5, 0.6) is 17.5 Å². The molecule has 3 rings (SSSR count). The van der Waals surface area contributed by atoms with E-state index in [9.17, 15) is 17.6 Å². The Labute approximate surface area is 155 Å². The number of nitriles is 1. The van der Waals surface area contributed by atoms with Gasteiger partial charge in [0.1, 0.15) is 23.1 Å². The molecular weight excluding hydrogens is 384 g/mol. The second kappa shape index (κ2) is 7.63. The number of pyridine rings is 1. The highest BCUT2D eigenvalue weighted by Gasteiger charge is 2.32. The molecular formula is C18H10F4N2O2S. The number of halogens is 4. The molecule has 0 aliphatic heterocycles. The first-order chi connectivity index (χ1) is 12.8. The Hall–Kier alpha value is -3.12. The summed E-state index contributed by atoms with van der Waals surface area (Å²) >= 11 is 0.489. The first-order valence-corrected chi connectivity index (χ1v) is 8.34. The van der Waals surface area contributed by atoms with Gasteiger partial charge in [-0.2, -0.15) is 23.4 Å². The van der Waals surface area contributed by atoms with Crippen molar-refractivity contribution in [2.75, 3.05) is 0 Å². The number of rotatable bonds is 5. The average molecular weight is 394 g/mol. The van der Waals surface area contributed by atoms with Gasteiger partial charge in [-0.05, 0) is 17.7 Å². The summed E-state index contributed by atoms with van der Waals surface area (Å²) in [4.78, 5) is 3.21. The van der Waals surface area contributed by atoms with Crippen molar-refractivity contribution >= 4 is 11.3 Å². The van der Waals surface area contributed by atoms with Gasteiger partial charge in [-0.1, -0.05) is 12.1 Å². The average Bonchev–Trinajstić information content (AvgIpc) is 3.09. The van der Waals surface area contributed by atoms with E-state index in [2.05, 4.69) is 4.98 Å². The van der Waals surface area contributed by atoms with Crippen LogP contribution in [0.3, 0.4) is 0 Å². The van der Waals surface area contributed by atoms with E-state index in [1.807, 2.05) is 6.07 Å². The topological polar surface area (TPSA) is 55.1 Å². The third-order valence-electron chi connectivity index (χ3n) is 3.26. The lowest BCUT2D eigenvalue weighted by molar-refractivity contribution is -0.134. The molecule has 27 heavy (non-hydrogen) atoms. The highest BCUT2D eigenvalue weighted by Crippen LogP contribution is 2.37. The molecule has 0 saturated heterocycles. The molecule has 0 aliphatic carbocycles. The molecule has 9 heteroatoms. The second-order valence-electron chi connectivity index (χ2n) is 5.31. The second-order valence-corrected chi connectivity index (χ2v) is 6.22. The molecule has 0 unspecified atom stereocenters. The molecule has 3 aromatic rings. The van der Waals surface area contributed by atoms with Crippen molar-refractivity contribution < 1.29 is 27.0 Å². The molecule has 0 saturated carbocycles. The van der Waals surface area contributed by atoms with Crippen molar-refractivity contribution in [2.24, 2.45) is 0 Å². The lowest BCUT2D eigenvalue weighted by Gasteiger charge is -2.08. The van der Waals surface area contributed by atoms with Crippen LogP contribution in [0.4, 0.5) is 17.6 Å². The minimum atomic E-state index is -4.46. The van der Waals surface area contributed by atoms with Crippen molar-refractivity contribution in [3.8, 4) is 23.6 Å². The standard InChI is InChI=1S/C18H10F4N2O2S/c19-13-3-1-2-11(4-13)9-25-16-5-12(8-23)6-17(24-16)26-14-7-15(27-10-14)18(20,21)22/h1-7,10H,9H2. The maximum atomic E-state index is 13.2. The summed E-state index contributed by atoms with van der Waals surface area (Å²) in [7, 11) is 0. The molecule has 2 aromatic heterocycles. The van der Waals surface area contributed by atoms with Gasteiger partial charge in [-0.25, -0.2) is 4.39 Å². The van der Waals surface area contributed by atoms with Crippen LogP contribution in [0.1, 0.15) is 16.0 Å². The van der Waals surface area contributed by atoms with Gasteiger partial charge in [-0.15, -0.1) is 11.3 Å². The van der Waals surface area contributed by atoms with Crippen molar-refractivity contribution in [3.05, 3.63) is 69.7 Å². The Kier molecular flexibility index (Phi) is 5.28. The molecule has 0 N–H and O–H groups in total. The maximum Gasteiger partial charge on any atom is 0.425 e. The summed E-state index contributed by atoms with van der Waals surface area (Å²) in [6.45, 7) is -0.00421. The SMILES string of the molecule is N#Cc1cc(OCc2cccc(F)c2)nc(Oc2csc(C(F)(F)F)c2)c1. The van der Waals surface area contributed by atoms with E-state index in [1.54, 1.807) is 6.07 Å². The van der Waals surface area contributed by atoms with Gasteiger partial charge in [0, 0.05) is 23.6 Å². The largest absolute Gasteiger partial charge is 0.473 e. The third-order valence-corrected chi connectivity index (χ3v) is 4.21. The molecule has 0 fully saturated rings. The number of alkyl halides is 3. The Balaban J connectivity index is 1.77. The molecule has 2 heterocycles. The van der Waals surface area contributed by atoms with Crippen LogP contribution in [0.2, 0.25) is 0 Å². The smallest absolute Gasteiger partial charge is 0.425 e. The van der Waals surface area contributed by atoms with Crippen LogP contribution >= 0.6 is 11.3 Å². The van der Waals surface area contributed by atoms with E-state index in [-0.39, 0.29) is 29.7 Å². The van der Waals surface area contributed by atoms with Crippen molar-refractivity contribution in [1.82, 2.24) is 4.98 Å². The van der Waals surface area contributed by atoms with Crippen LogP contribution in [0.15, 0.2) is 47.8 Å². The zero-order valence-electron chi connectivity index (χ0n) is 13.5. The first kappa shape index (κ1) is 18.7. The summed E-state index contributed by atoms with van der Waals surface area (Å²) in [6.07, 6.45) is -4.46. The minimum Gasteiger partial charge on any atom is -0.473 e. The van der Waals surface area contributed by atoms with Gasteiger partial charge in [-0.3, -0.25) is 0 Å². The molecule has 0 radical (unpaired) electrons. The van der Waals surface area contributed by atoms with E-state index >= 15 is 0 Å². The summed E-state index contributed by atoms with van der Waals surface area (Å²) in [6, 6.07) is 11.1. The van der Waals surface area contributed by atoms with Crippen molar-refractivity contribution in [2.45, 2.75) is 12.8 Å². The summed E-state index contributed by atoms with van der Waals surface area (Å²) in [5.74, 6) is -0.530. The molecule has 1 aromatic carbocycles. The number of aromatic nitrogens is 1. The van der Waals surface area contributed by atoms with E-state index in [1.165, 1.54) is 35.7 Å². The minimum absolute atomic E-state index is 0.00421. The number of hydrogen-bond donors (Lipinski definition) is 0. The van der Waals surface area contributed by atoms with Gasteiger partial charge in [0.25, 0.3) is 0 Å². The quantitative estimate of drug-likeness (QED) is 0.533. The Bertz CT molecular complexity index is 996. The Morgan fingerprint density at radius 1 is 1.11 bits per heavy atom. The summed E-state index contributed by atoms with van der Waals surface area (Å²) in [5.41, 5.74) is 0.704. The number of thiophene rings is 1. The maximum absolute atomic E-state index is 13.2. The van der Waals surface area contributed by atoms with E-state index in [4.69, 9.17) is 14.7 Å². The zero-order chi connectivity index (χ0) is 19.4. The first-order valence-electron chi connectivity index (χ1n) is 7.46. The van der Waals surface area contributed by atoms with Gasteiger partial charge in [0.2, 0.25) is 11.8 Å². The van der Waals surface area contributed by atoms with Crippen molar-refractivity contribution in [1.29, 1.82) is 5.26 Å². The van der Waals surface area contributed by atoms with Crippen LogP contribution < -0.4 is 9.47 Å². The van der Waals surface area contributed by atoms with E-state index in [0.717, 1.165) is 6.07 Å². The monoisotopic (exact) mass is 394 g/mol. The van der Waals surface area contributed by atoms with Crippen molar-refractivity contribution in [3.63, 3.8) is 0 Å². The number of hydrogen-bond acceptors (Lipinski definition) is 5. The molecule has 138 valence electrons. The van der Waals surface area contributed by atoms with Crippen LogP contribution in [0.25, 0.3) is 0 Å². The molecule has 0 bridgehead atoms. The van der Waals surface area contributed by atoms with Crippen LogP contribution in [-0.2, 0) is 12.8 Å². The fraction of sp³-hybridized carbons (Fsp3) is 0.111. The molecule has 0 spiro atoms. The molecule has 0 amide bonds. The molecule has 0 atom stereocenters. The highest BCUT2D eigenvalue weighted by molar-refractivity contribution is 7.10. The van der Waals surface area contributed by atoms with E-state index < -0.39 is 16.9 Å². The predicted molar refractivity (Wildman–Crippen MR) is 89.1 cm³/mol. The van der Waals surface area contributed by atoms with Gasteiger partial charge < -0.3 is 9.47 Å². The van der Waals surface area contributed by atoms with Gasteiger partial charge in [0.15, 0.2) is 0 Å². The predicted octanol–water partition coefficient (Wildman–Crippen LogP) is 5.54. The lowest BCUT2D eigenvalue weighted by atomic mass is 10.2. The molecule has 0 aliphatic rings. The molecule has 4 nitrogen and oxygen atoms in total. The fourth-order valence-electron chi connectivity index (χ4n) is 2.10. The third kappa shape index (κ3) is 4.95. The van der Waals surface area contributed by atoms with Crippen LogP contribution in [-0.4, -0.2) is 4.98 Å². The summed E-state index contributed by atoms with van der Waals surface area (Å²) < 4.78 is 61.9. The van der Waals surface area contributed by atoms with Gasteiger partial charge >= 0.3 is 6.18 Å². The number of ether oxygens (including phenoxy) is 2. The normalized spacial score (nSPS) is 11.1. The van der Waals surface area contributed by atoms with Crippen LogP contribution in [0, 0.1) is 17.1 Å². The summed E-state index contributed by atoms with van der Waals surface area (Å²) in [5, 5.41) is 10.3. The fourth-order valence-corrected chi connectivity index (χ4v) is 2.77. The zero-order valence-corrected chi connectivity index (χ0v) is 14.3.